The lowest BCUT2D eigenvalue weighted by Crippen LogP contribution is -2.28. The van der Waals surface area contributed by atoms with Crippen molar-refractivity contribution in [3.8, 4) is 5.75 Å². The van der Waals surface area contributed by atoms with Crippen molar-refractivity contribution in [1.82, 2.24) is 0 Å². The number of rotatable bonds is 5. The first-order chi connectivity index (χ1) is 9.61. The molecule has 2 aromatic carbocycles. The third-order valence-corrected chi connectivity index (χ3v) is 3.49. The molecule has 3 nitrogen and oxygen atoms in total. The molecule has 0 unspecified atom stereocenters. The standard InChI is InChI=1S/C16H18ClNO2.ClH/c1-20-15-8-7-12(17)10-13(15)16(18)14(19)9-11-5-3-2-4-6-11;/h2-8,10,14,16,19H,9,18H2,1H3;1H/t14-,16+;/m0./s1. The molecule has 0 radical (unpaired) electrons. The van der Waals surface area contributed by atoms with Crippen LogP contribution in [0.5, 0.6) is 5.75 Å². The Kier molecular flexibility index (Phi) is 6.99. The molecule has 2 aromatic rings. The van der Waals surface area contributed by atoms with Crippen molar-refractivity contribution in [1.29, 1.82) is 0 Å². The van der Waals surface area contributed by atoms with Gasteiger partial charge in [-0.2, -0.15) is 0 Å². The van der Waals surface area contributed by atoms with Crippen molar-refractivity contribution in [2.45, 2.75) is 18.6 Å². The van der Waals surface area contributed by atoms with E-state index >= 15 is 0 Å². The second-order valence-corrected chi connectivity index (χ2v) is 5.11. The number of benzene rings is 2. The predicted octanol–water partition coefficient (Wildman–Crippen LogP) is 3.37. The fraction of sp³-hybridized carbons (Fsp3) is 0.250. The number of hydrogen-bond acceptors (Lipinski definition) is 3. The zero-order valence-electron chi connectivity index (χ0n) is 11.7. The third-order valence-electron chi connectivity index (χ3n) is 3.25. The maximum Gasteiger partial charge on any atom is 0.123 e. The number of nitrogens with two attached hydrogens (primary N) is 1. The van der Waals surface area contributed by atoms with Gasteiger partial charge in [0.1, 0.15) is 5.75 Å². The molecule has 0 aliphatic carbocycles. The van der Waals surface area contributed by atoms with Gasteiger partial charge < -0.3 is 15.6 Å². The minimum absolute atomic E-state index is 0. The van der Waals surface area contributed by atoms with E-state index < -0.39 is 12.1 Å². The molecular weight excluding hydrogens is 309 g/mol. The summed E-state index contributed by atoms with van der Waals surface area (Å²) in [6, 6.07) is 14.4. The lowest BCUT2D eigenvalue weighted by Gasteiger charge is -2.21. The summed E-state index contributed by atoms with van der Waals surface area (Å²) in [7, 11) is 1.57. The summed E-state index contributed by atoms with van der Waals surface area (Å²) >= 11 is 5.99. The molecule has 0 saturated carbocycles. The van der Waals surface area contributed by atoms with Gasteiger partial charge >= 0.3 is 0 Å². The van der Waals surface area contributed by atoms with Gasteiger partial charge in [0.2, 0.25) is 0 Å². The van der Waals surface area contributed by atoms with Crippen LogP contribution in [0.2, 0.25) is 5.02 Å². The monoisotopic (exact) mass is 327 g/mol. The summed E-state index contributed by atoms with van der Waals surface area (Å²) in [4.78, 5) is 0. The average molecular weight is 328 g/mol. The number of methoxy groups -OCH3 is 1. The summed E-state index contributed by atoms with van der Waals surface area (Å²) in [5.74, 6) is 0.633. The van der Waals surface area contributed by atoms with Crippen LogP contribution in [0.15, 0.2) is 48.5 Å². The fourth-order valence-electron chi connectivity index (χ4n) is 2.16. The van der Waals surface area contributed by atoms with Crippen molar-refractivity contribution < 1.29 is 9.84 Å². The van der Waals surface area contributed by atoms with Gasteiger partial charge in [0, 0.05) is 17.0 Å². The van der Waals surface area contributed by atoms with Gasteiger partial charge in [-0.15, -0.1) is 12.4 Å². The lowest BCUT2D eigenvalue weighted by molar-refractivity contribution is 0.143. The van der Waals surface area contributed by atoms with Gasteiger partial charge in [-0.05, 0) is 23.8 Å². The van der Waals surface area contributed by atoms with E-state index in [4.69, 9.17) is 22.1 Å². The van der Waals surface area contributed by atoms with E-state index in [1.54, 1.807) is 25.3 Å². The van der Waals surface area contributed by atoms with Crippen LogP contribution in [0, 0.1) is 0 Å². The molecule has 0 aliphatic heterocycles. The van der Waals surface area contributed by atoms with E-state index in [1.807, 2.05) is 30.3 Å². The summed E-state index contributed by atoms with van der Waals surface area (Å²) < 4.78 is 5.27. The van der Waals surface area contributed by atoms with Crippen molar-refractivity contribution in [3.05, 3.63) is 64.7 Å². The number of ether oxygens (including phenoxy) is 1. The van der Waals surface area contributed by atoms with E-state index in [1.165, 1.54) is 0 Å². The van der Waals surface area contributed by atoms with Gasteiger partial charge in [-0.3, -0.25) is 0 Å². The predicted molar refractivity (Wildman–Crippen MR) is 88.3 cm³/mol. The van der Waals surface area contributed by atoms with Crippen LogP contribution in [0.4, 0.5) is 0 Å². The molecule has 0 amide bonds. The minimum atomic E-state index is -0.704. The van der Waals surface area contributed by atoms with Crippen LogP contribution >= 0.6 is 24.0 Å². The summed E-state index contributed by atoms with van der Waals surface area (Å²) in [5, 5.41) is 10.9. The molecule has 114 valence electrons. The zero-order chi connectivity index (χ0) is 14.5. The first-order valence-corrected chi connectivity index (χ1v) is 6.80. The summed E-state index contributed by atoms with van der Waals surface area (Å²) in [6.45, 7) is 0. The molecule has 3 N–H and O–H groups in total. The van der Waals surface area contributed by atoms with Crippen LogP contribution in [-0.2, 0) is 6.42 Å². The molecule has 0 fully saturated rings. The molecular formula is C16H19Cl2NO2. The number of aliphatic hydroxyl groups excluding tert-OH is 1. The molecule has 0 saturated heterocycles. The highest BCUT2D eigenvalue weighted by molar-refractivity contribution is 6.30. The summed E-state index contributed by atoms with van der Waals surface area (Å²) in [6.07, 6.45) is -0.220. The quantitative estimate of drug-likeness (QED) is 0.885. The number of hydrogen-bond donors (Lipinski definition) is 2. The Labute approximate surface area is 136 Å². The van der Waals surface area contributed by atoms with Crippen molar-refractivity contribution in [3.63, 3.8) is 0 Å². The van der Waals surface area contributed by atoms with Gasteiger partial charge in [-0.25, -0.2) is 0 Å². The average Bonchev–Trinajstić information content (AvgIpc) is 2.47. The Hall–Kier alpha value is -1.26. The van der Waals surface area contributed by atoms with Gasteiger partial charge in [0.25, 0.3) is 0 Å². The maximum atomic E-state index is 10.3. The van der Waals surface area contributed by atoms with Crippen LogP contribution in [0.1, 0.15) is 17.2 Å². The van der Waals surface area contributed by atoms with Crippen molar-refractivity contribution in [2.24, 2.45) is 5.73 Å². The highest BCUT2D eigenvalue weighted by atomic mass is 35.5. The normalized spacial score (nSPS) is 13.1. The first-order valence-electron chi connectivity index (χ1n) is 6.43. The number of halogens is 2. The Morgan fingerprint density at radius 1 is 1.19 bits per heavy atom. The topological polar surface area (TPSA) is 55.5 Å². The Bertz CT molecular complexity index is 563. The van der Waals surface area contributed by atoms with Crippen molar-refractivity contribution in [2.75, 3.05) is 7.11 Å². The Balaban J connectivity index is 0.00000220. The first kappa shape index (κ1) is 17.8. The molecule has 0 spiro atoms. The number of aliphatic hydroxyl groups is 1. The minimum Gasteiger partial charge on any atom is -0.496 e. The van der Waals surface area contributed by atoms with Crippen LogP contribution < -0.4 is 10.5 Å². The van der Waals surface area contributed by atoms with Crippen LogP contribution in [0.3, 0.4) is 0 Å². The maximum absolute atomic E-state index is 10.3. The molecule has 2 rings (SSSR count). The zero-order valence-corrected chi connectivity index (χ0v) is 13.3. The van der Waals surface area contributed by atoms with Crippen molar-refractivity contribution >= 4 is 24.0 Å². The third kappa shape index (κ3) is 4.61. The van der Waals surface area contributed by atoms with Gasteiger partial charge in [-0.1, -0.05) is 41.9 Å². The van der Waals surface area contributed by atoms with Gasteiger partial charge in [0.05, 0.1) is 19.3 Å². The molecule has 0 bridgehead atoms. The Morgan fingerprint density at radius 2 is 1.86 bits per heavy atom. The van der Waals surface area contributed by atoms with Crippen LogP contribution in [0.25, 0.3) is 0 Å². The fourth-order valence-corrected chi connectivity index (χ4v) is 2.34. The van der Waals surface area contributed by atoms with E-state index in [2.05, 4.69) is 0 Å². The molecule has 0 heterocycles. The molecule has 0 aromatic heterocycles. The summed E-state index contributed by atoms with van der Waals surface area (Å²) in [5.41, 5.74) is 7.89. The Morgan fingerprint density at radius 3 is 2.48 bits per heavy atom. The van der Waals surface area contributed by atoms with E-state index in [0.717, 1.165) is 5.56 Å². The second kappa shape index (κ2) is 8.25. The lowest BCUT2D eigenvalue weighted by atomic mass is 9.96. The second-order valence-electron chi connectivity index (χ2n) is 4.67. The van der Waals surface area contributed by atoms with Crippen LogP contribution in [-0.4, -0.2) is 18.3 Å². The van der Waals surface area contributed by atoms with E-state index in [0.29, 0.717) is 22.8 Å². The highest BCUT2D eigenvalue weighted by Crippen LogP contribution is 2.29. The van der Waals surface area contributed by atoms with E-state index in [-0.39, 0.29) is 12.4 Å². The molecule has 0 aliphatic rings. The molecule has 2 atom stereocenters. The van der Waals surface area contributed by atoms with Gasteiger partial charge in [0.15, 0.2) is 0 Å². The highest BCUT2D eigenvalue weighted by Gasteiger charge is 2.21. The molecule has 21 heavy (non-hydrogen) atoms. The van der Waals surface area contributed by atoms with E-state index in [9.17, 15) is 5.11 Å². The molecule has 5 heteroatoms. The SMILES string of the molecule is COc1ccc(Cl)cc1[C@@H](N)[C@@H](O)Cc1ccccc1.Cl. The smallest absolute Gasteiger partial charge is 0.123 e. The largest absolute Gasteiger partial charge is 0.496 e.